The van der Waals surface area contributed by atoms with Gasteiger partial charge >= 0.3 is 0 Å². The number of aromatic nitrogens is 2. The molecule has 2 heterocycles. The monoisotopic (exact) mass is 397 g/mol. The van der Waals surface area contributed by atoms with Gasteiger partial charge in [0.15, 0.2) is 0 Å². The number of aryl methyl sites for hydroxylation is 2. The van der Waals surface area contributed by atoms with Gasteiger partial charge in [-0.1, -0.05) is 48.5 Å². The Morgan fingerprint density at radius 3 is 2.62 bits per heavy atom. The fourth-order valence-electron chi connectivity index (χ4n) is 4.13. The summed E-state index contributed by atoms with van der Waals surface area (Å²) < 4.78 is 1.75. The van der Waals surface area contributed by atoms with Crippen molar-refractivity contribution in [2.75, 3.05) is 0 Å². The van der Waals surface area contributed by atoms with Crippen LogP contribution in [0.4, 0.5) is 0 Å². The zero-order valence-corrected chi connectivity index (χ0v) is 16.7. The van der Waals surface area contributed by atoms with E-state index in [4.69, 9.17) is 4.98 Å². The SMILES string of the molecule is N#Cc1ccccc1Cn1c(-c2ccccc2)nc2sc3c(c2c1=O)CCCC3. The van der Waals surface area contributed by atoms with E-state index in [0.717, 1.165) is 40.6 Å². The summed E-state index contributed by atoms with van der Waals surface area (Å²) in [4.78, 5) is 20.8. The van der Waals surface area contributed by atoms with Gasteiger partial charge in [0, 0.05) is 10.4 Å². The lowest BCUT2D eigenvalue weighted by molar-refractivity contribution is 0.698. The Labute approximate surface area is 172 Å². The molecule has 0 spiro atoms. The second kappa shape index (κ2) is 7.31. The summed E-state index contributed by atoms with van der Waals surface area (Å²) in [6.07, 6.45) is 4.28. The number of benzene rings is 2. The van der Waals surface area contributed by atoms with Gasteiger partial charge in [0.1, 0.15) is 10.7 Å². The number of fused-ring (bicyclic) bond motifs is 3. The molecule has 0 aliphatic heterocycles. The van der Waals surface area contributed by atoms with Gasteiger partial charge in [-0.05, 0) is 42.9 Å². The van der Waals surface area contributed by atoms with Gasteiger partial charge in [0.2, 0.25) is 0 Å². The zero-order chi connectivity index (χ0) is 19.8. The van der Waals surface area contributed by atoms with Crippen LogP contribution in [0.3, 0.4) is 0 Å². The predicted molar refractivity (Wildman–Crippen MR) is 116 cm³/mol. The minimum absolute atomic E-state index is 0.000922. The van der Waals surface area contributed by atoms with E-state index in [0.29, 0.717) is 17.9 Å². The van der Waals surface area contributed by atoms with Gasteiger partial charge in [0.25, 0.3) is 5.56 Å². The second-order valence-electron chi connectivity index (χ2n) is 7.35. The van der Waals surface area contributed by atoms with E-state index in [9.17, 15) is 10.1 Å². The van der Waals surface area contributed by atoms with Crippen LogP contribution in [0, 0.1) is 11.3 Å². The van der Waals surface area contributed by atoms with Crippen molar-refractivity contribution in [2.45, 2.75) is 32.2 Å². The van der Waals surface area contributed by atoms with Crippen LogP contribution in [0.2, 0.25) is 0 Å². The van der Waals surface area contributed by atoms with E-state index in [1.807, 2.05) is 48.5 Å². The Balaban J connectivity index is 1.79. The fraction of sp³-hybridized carbons (Fsp3) is 0.208. The number of thiophene rings is 1. The average Bonchev–Trinajstić information content (AvgIpc) is 3.15. The first-order chi connectivity index (χ1) is 14.3. The molecule has 0 radical (unpaired) electrons. The van der Waals surface area contributed by atoms with E-state index in [1.54, 1.807) is 22.0 Å². The van der Waals surface area contributed by atoms with Gasteiger partial charge in [0.05, 0.1) is 23.6 Å². The van der Waals surface area contributed by atoms with Crippen molar-refractivity contribution in [1.29, 1.82) is 5.26 Å². The lowest BCUT2D eigenvalue weighted by Gasteiger charge is -2.15. The molecular formula is C24H19N3OS. The van der Waals surface area contributed by atoms with Gasteiger partial charge in [-0.2, -0.15) is 5.26 Å². The smallest absolute Gasteiger partial charge is 0.263 e. The highest BCUT2D eigenvalue weighted by Gasteiger charge is 2.23. The van der Waals surface area contributed by atoms with Crippen LogP contribution >= 0.6 is 11.3 Å². The molecule has 0 amide bonds. The van der Waals surface area contributed by atoms with E-state index < -0.39 is 0 Å². The first-order valence-corrected chi connectivity index (χ1v) is 10.7. The molecule has 2 aromatic heterocycles. The van der Waals surface area contributed by atoms with Crippen LogP contribution in [0.5, 0.6) is 0 Å². The molecule has 5 heteroatoms. The molecule has 0 atom stereocenters. The summed E-state index contributed by atoms with van der Waals surface area (Å²) in [7, 11) is 0. The number of rotatable bonds is 3. The summed E-state index contributed by atoms with van der Waals surface area (Å²) in [5.74, 6) is 0.662. The van der Waals surface area contributed by atoms with Crippen molar-refractivity contribution in [3.63, 3.8) is 0 Å². The molecule has 5 rings (SSSR count). The standard InChI is InChI=1S/C24H19N3OS/c25-14-17-10-4-5-11-18(17)15-27-22(16-8-2-1-3-9-16)26-23-21(24(27)28)19-12-6-7-13-20(19)29-23/h1-5,8-11H,6-7,12-13,15H2. The van der Waals surface area contributed by atoms with Crippen LogP contribution in [0.15, 0.2) is 59.4 Å². The van der Waals surface area contributed by atoms with Crippen LogP contribution in [-0.4, -0.2) is 9.55 Å². The molecular weight excluding hydrogens is 378 g/mol. The van der Waals surface area contributed by atoms with Crippen LogP contribution in [0.25, 0.3) is 21.6 Å². The molecule has 0 N–H and O–H groups in total. The Morgan fingerprint density at radius 2 is 1.79 bits per heavy atom. The maximum absolute atomic E-state index is 13.7. The number of nitrogens with zero attached hydrogens (tertiary/aromatic N) is 3. The molecule has 1 aliphatic rings. The summed E-state index contributed by atoms with van der Waals surface area (Å²) in [5.41, 5.74) is 3.52. The number of hydrogen-bond acceptors (Lipinski definition) is 4. The van der Waals surface area contributed by atoms with E-state index >= 15 is 0 Å². The number of hydrogen-bond donors (Lipinski definition) is 0. The third kappa shape index (κ3) is 3.06. The molecule has 4 aromatic rings. The summed E-state index contributed by atoms with van der Waals surface area (Å²) >= 11 is 1.67. The lowest BCUT2D eigenvalue weighted by atomic mass is 9.97. The van der Waals surface area contributed by atoms with Gasteiger partial charge in [-0.15, -0.1) is 11.3 Å². The van der Waals surface area contributed by atoms with Crippen LogP contribution < -0.4 is 5.56 Å². The maximum Gasteiger partial charge on any atom is 0.263 e. The third-order valence-electron chi connectivity index (χ3n) is 5.57. The van der Waals surface area contributed by atoms with Crippen LogP contribution in [-0.2, 0) is 19.4 Å². The molecule has 0 unspecified atom stereocenters. The second-order valence-corrected chi connectivity index (χ2v) is 8.44. The minimum atomic E-state index is 0.000922. The van der Waals surface area contributed by atoms with Gasteiger partial charge < -0.3 is 0 Å². The van der Waals surface area contributed by atoms with Crippen molar-refractivity contribution in [1.82, 2.24) is 9.55 Å². The normalized spacial score (nSPS) is 13.2. The molecule has 0 fully saturated rings. The molecule has 4 nitrogen and oxygen atoms in total. The van der Waals surface area contributed by atoms with Crippen molar-refractivity contribution in [3.05, 3.63) is 86.5 Å². The highest BCUT2D eigenvalue weighted by molar-refractivity contribution is 7.18. The largest absolute Gasteiger partial charge is 0.288 e. The Bertz CT molecular complexity index is 1310. The third-order valence-corrected chi connectivity index (χ3v) is 6.76. The van der Waals surface area contributed by atoms with Crippen LogP contribution in [0.1, 0.15) is 34.4 Å². The minimum Gasteiger partial charge on any atom is -0.288 e. The Hall–Kier alpha value is -3.23. The van der Waals surface area contributed by atoms with E-state index in [-0.39, 0.29) is 5.56 Å². The average molecular weight is 398 g/mol. The maximum atomic E-state index is 13.7. The summed E-state index contributed by atoms with van der Waals surface area (Å²) in [5, 5.41) is 10.3. The topological polar surface area (TPSA) is 58.7 Å². The number of nitriles is 1. The quantitative estimate of drug-likeness (QED) is 0.493. The first-order valence-electron chi connectivity index (χ1n) is 9.85. The van der Waals surface area contributed by atoms with Crippen molar-refractivity contribution in [3.8, 4) is 17.5 Å². The summed E-state index contributed by atoms with van der Waals surface area (Å²) in [6.45, 7) is 0.334. The van der Waals surface area contributed by atoms with E-state index in [2.05, 4.69) is 6.07 Å². The summed E-state index contributed by atoms with van der Waals surface area (Å²) in [6, 6.07) is 19.5. The molecule has 142 valence electrons. The lowest BCUT2D eigenvalue weighted by Crippen LogP contribution is -2.25. The van der Waals surface area contributed by atoms with Crippen molar-refractivity contribution in [2.24, 2.45) is 0 Å². The van der Waals surface area contributed by atoms with Gasteiger partial charge in [-0.25, -0.2) is 4.98 Å². The zero-order valence-electron chi connectivity index (χ0n) is 15.9. The predicted octanol–water partition coefficient (Wildman–Crippen LogP) is 4.92. The fourth-order valence-corrected chi connectivity index (χ4v) is 5.38. The van der Waals surface area contributed by atoms with E-state index in [1.165, 1.54) is 16.9 Å². The molecule has 0 saturated carbocycles. The molecule has 0 bridgehead atoms. The molecule has 1 aliphatic carbocycles. The highest BCUT2D eigenvalue weighted by atomic mass is 32.1. The molecule has 2 aromatic carbocycles. The van der Waals surface area contributed by atoms with Crippen molar-refractivity contribution >= 4 is 21.6 Å². The Kier molecular flexibility index (Phi) is 4.49. The molecule has 0 saturated heterocycles. The highest BCUT2D eigenvalue weighted by Crippen LogP contribution is 2.35. The van der Waals surface area contributed by atoms with Gasteiger partial charge in [-0.3, -0.25) is 9.36 Å². The first kappa shape index (κ1) is 17.8. The molecule has 29 heavy (non-hydrogen) atoms. The Morgan fingerprint density at radius 1 is 1.03 bits per heavy atom. The van der Waals surface area contributed by atoms with Crippen molar-refractivity contribution < 1.29 is 0 Å².